The van der Waals surface area contributed by atoms with Gasteiger partial charge in [-0.2, -0.15) is 0 Å². The van der Waals surface area contributed by atoms with E-state index < -0.39 is 0 Å². The molecule has 0 spiro atoms. The van der Waals surface area contributed by atoms with Crippen molar-refractivity contribution in [3.8, 4) is 0 Å². The fraction of sp³-hybridized carbons (Fsp3) is 0.985. The highest BCUT2D eigenvalue weighted by Gasteiger charge is 2.28. The van der Waals surface area contributed by atoms with Gasteiger partial charge in [-0.25, -0.2) is 5.16 Å². The first-order valence-corrected chi connectivity index (χ1v) is 34.0. The number of rotatable bonds is 63. The van der Waals surface area contributed by atoms with Crippen molar-refractivity contribution in [2.75, 3.05) is 0 Å². The van der Waals surface area contributed by atoms with Gasteiger partial charge in [-0.15, -0.1) is 0 Å². The maximum absolute atomic E-state index is 13.2. The summed E-state index contributed by atoms with van der Waals surface area (Å²) < 4.78 is 0. The van der Waals surface area contributed by atoms with E-state index in [2.05, 4.69) is 32.9 Å². The molecule has 0 amide bonds. The van der Waals surface area contributed by atoms with Gasteiger partial charge in [-0.1, -0.05) is 394 Å². The molecule has 1 unspecified atom stereocenters. The molecule has 1 N–H and O–H groups in total. The van der Waals surface area contributed by atoms with Gasteiger partial charge in [0.15, 0.2) is 5.71 Å². The minimum atomic E-state index is 0.486. The summed E-state index contributed by atoms with van der Waals surface area (Å²) in [5.74, 6) is 0.972. The average Bonchev–Trinajstić information content (AvgIpc) is 3.37. The molecule has 0 aliphatic rings. The van der Waals surface area contributed by atoms with Gasteiger partial charge >= 0.3 is 0 Å². The third-order valence-electron chi connectivity index (χ3n) is 16.9. The van der Waals surface area contributed by atoms with E-state index in [1.807, 2.05) is 0 Å². The molecular formula is C68H137NO. The number of hydrogen-bond donors (Lipinski definition) is 1. The minimum Gasteiger partial charge on any atom is -0.625 e. The van der Waals surface area contributed by atoms with E-state index in [4.69, 9.17) is 0 Å². The van der Waals surface area contributed by atoms with Gasteiger partial charge < -0.3 is 5.21 Å². The van der Waals surface area contributed by atoms with Crippen LogP contribution in [-0.2, 0) is 0 Å². The van der Waals surface area contributed by atoms with Crippen molar-refractivity contribution in [3.63, 3.8) is 0 Å². The first kappa shape index (κ1) is 69.5. The van der Waals surface area contributed by atoms with Crippen LogP contribution in [0.4, 0.5) is 0 Å². The largest absolute Gasteiger partial charge is 0.625 e. The Morgan fingerprint density at radius 3 is 0.429 bits per heavy atom. The van der Waals surface area contributed by atoms with Crippen LogP contribution in [-0.4, -0.2) is 5.71 Å². The molecule has 420 valence electrons. The highest BCUT2D eigenvalue weighted by Crippen LogP contribution is 2.29. The second-order valence-electron chi connectivity index (χ2n) is 23.8. The van der Waals surface area contributed by atoms with Crippen LogP contribution in [0.3, 0.4) is 0 Å². The Hall–Kier alpha value is -0.530. The zero-order chi connectivity index (χ0) is 50.6. The molecule has 0 aliphatic heterocycles. The molecule has 0 heterocycles. The van der Waals surface area contributed by atoms with Crippen molar-refractivity contribution >= 4 is 5.71 Å². The first-order chi connectivity index (χ1) is 34.7. The normalized spacial score (nSPS) is 12.6. The standard InChI is InChI=1S/C68H137NO/c1-5-9-13-17-21-25-29-33-37-41-45-49-53-57-61-65-67(64-60-56-52-48-44-40-36-32-28-24-20-16-12-8-4)68(69-70)66(62-58-54-50-46-42-38-34-30-26-22-18-14-10-6-2)63-59-55-51-47-43-39-35-31-27-23-19-15-11-7-3/h66-67,69H,5-65H2,1-4H3. The fourth-order valence-electron chi connectivity index (χ4n) is 11.9. The van der Waals surface area contributed by atoms with Gasteiger partial charge in [-0.05, 0) is 25.7 Å². The summed E-state index contributed by atoms with van der Waals surface area (Å²) >= 11 is 0. The van der Waals surface area contributed by atoms with E-state index in [9.17, 15) is 5.21 Å². The van der Waals surface area contributed by atoms with Crippen LogP contribution < -0.4 is 5.16 Å². The van der Waals surface area contributed by atoms with Crippen molar-refractivity contribution in [2.45, 2.75) is 419 Å². The van der Waals surface area contributed by atoms with Crippen molar-refractivity contribution in [1.82, 2.24) is 0 Å². The Balaban J connectivity index is 5.11. The third kappa shape index (κ3) is 53.8. The van der Waals surface area contributed by atoms with Gasteiger partial charge in [0.1, 0.15) is 0 Å². The topological polar surface area (TPSA) is 37.0 Å². The molecule has 0 aromatic carbocycles. The lowest BCUT2D eigenvalue weighted by atomic mass is 9.80. The summed E-state index contributed by atoms with van der Waals surface area (Å²) in [5.41, 5.74) is 1.25. The molecule has 0 radical (unpaired) electrons. The average molecular weight is 985 g/mol. The number of unbranched alkanes of at least 4 members (excludes halogenated alkanes) is 53. The molecule has 0 bridgehead atoms. The highest BCUT2D eigenvalue weighted by atomic mass is 16.4. The summed E-state index contributed by atoms with van der Waals surface area (Å²) in [5, 5.41) is 16.0. The second kappa shape index (κ2) is 62.8. The van der Waals surface area contributed by atoms with Crippen LogP contribution >= 0.6 is 0 Å². The number of nitrogens with one attached hydrogen (secondary N) is 1. The summed E-state index contributed by atoms with van der Waals surface area (Å²) in [7, 11) is 0. The Morgan fingerprint density at radius 1 is 0.200 bits per heavy atom. The summed E-state index contributed by atoms with van der Waals surface area (Å²) in [6.07, 6.45) is 85.8. The molecule has 0 rings (SSSR count). The molecule has 2 nitrogen and oxygen atoms in total. The quantitative estimate of drug-likeness (QED) is 0.0280. The number of hydrogen-bond acceptors (Lipinski definition) is 1. The van der Waals surface area contributed by atoms with Gasteiger partial charge in [0.05, 0.1) is 0 Å². The van der Waals surface area contributed by atoms with Crippen LogP contribution in [0, 0.1) is 17.0 Å². The third-order valence-corrected chi connectivity index (χ3v) is 16.9. The van der Waals surface area contributed by atoms with E-state index >= 15 is 0 Å². The zero-order valence-corrected chi connectivity index (χ0v) is 49.7. The van der Waals surface area contributed by atoms with Gasteiger partial charge in [0.25, 0.3) is 0 Å². The summed E-state index contributed by atoms with van der Waals surface area (Å²) in [6.45, 7) is 9.28. The Morgan fingerprint density at radius 2 is 0.314 bits per heavy atom. The van der Waals surface area contributed by atoms with Crippen LogP contribution in [0.1, 0.15) is 419 Å². The predicted octanol–water partition coefficient (Wildman–Crippen LogP) is 24.1. The molecule has 0 aromatic rings. The van der Waals surface area contributed by atoms with Crippen LogP contribution in [0.25, 0.3) is 0 Å². The molecule has 70 heavy (non-hydrogen) atoms. The van der Waals surface area contributed by atoms with Crippen molar-refractivity contribution in [1.29, 1.82) is 0 Å². The summed E-state index contributed by atoms with van der Waals surface area (Å²) in [6, 6.07) is 0. The van der Waals surface area contributed by atoms with Crippen molar-refractivity contribution in [3.05, 3.63) is 5.21 Å². The lowest BCUT2D eigenvalue weighted by Crippen LogP contribution is -2.69. The zero-order valence-electron chi connectivity index (χ0n) is 49.7. The van der Waals surface area contributed by atoms with E-state index in [-0.39, 0.29) is 0 Å². The van der Waals surface area contributed by atoms with Gasteiger partial charge in [0.2, 0.25) is 0 Å². The molecule has 0 saturated heterocycles. The van der Waals surface area contributed by atoms with Gasteiger partial charge in [0, 0.05) is 11.8 Å². The molecule has 0 aliphatic carbocycles. The maximum atomic E-state index is 13.2. The van der Waals surface area contributed by atoms with Crippen LogP contribution in [0.2, 0.25) is 0 Å². The fourth-order valence-corrected chi connectivity index (χ4v) is 11.9. The lowest BCUT2D eigenvalue weighted by molar-refractivity contribution is -0.380. The smallest absolute Gasteiger partial charge is 0.167 e. The van der Waals surface area contributed by atoms with Gasteiger partial charge in [-0.3, -0.25) is 0 Å². The Bertz CT molecular complexity index is 911. The van der Waals surface area contributed by atoms with Crippen molar-refractivity contribution < 1.29 is 5.16 Å². The van der Waals surface area contributed by atoms with E-state index in [0.717, 1.165) is 0 Å². The predicted molar refractivity (Wildman–Crippen MR) is 321 cm³/mol. The van der Waals surface area contributed by atoms with Crippen LogP contribution in [0.5, 0.6) is 0 Å². The van der Waals surface area contributed by atoms with Crippen molar-refractivity contribution in [2.24, 2.45) is 11.8 Å². The second-order valence-corrected chi connectivity index (χ2v) is 23.8. The van der Waals surface area contributed by atoms with Crippen LogP contribution in [0.15, 0.2) is 0 Å². The molecule has 1 atom stereocenters. The molecule has 0 fully saturated rings. The van der Waals surface area contributed by atoms with E-state index in [1.165, 1.54) is 397 Å². The molecule has 2 heteroatoms. The monoisotopic (exact) mass is 984 g/mol. The van der Waals surface area contributed by atoms with E-state index in [0.29, 0.717) is 11.8 Å². The Kier molecular flexibility index (Phi) is 62.3. The molecule has 0 aromatic heterocycles. The summed E-state index contributed by atoms with van der Waals surface area (Å²) in [4.78, 5) is 0. The lowest BCUT2D eigenvalue weighted by Gasteiger charge is -2.23. The molecule has 0 saturated carbocycles. The Labute approximate surface area is 445 Å². The SMILES string of the molecule is CCCCCCCCCCCCCCCCCC(CCCCCCCCCCCCCCCC)C(=[NH+][O-])C(CCCCCCCCCCCCCCCC)CCCCCCCCCCCCCCCC. The first-order valence-electron chi connectivity index (χ1n) is 34.0. The minimum absolute atomic E-state index is 0.486. The highest BCUT2D eigenvalue weighted by molar-refractivity contribution is 5.83. The molecular weight excluding hydrogens is 847 g/mol. The maximum Gasteiger partial charge on any atom is 0.167 e. The van der Waals surface area contributed by atoms with E-state index in [1.54, 1.807) is 0 Å².